The summed E-state index contributed by atoms with van der Waals surface area (Å²) in [7, 11) is 5.05. The molecule has 1 aliphatic heterocycles. The highest BCUT2D eigenvalue weighted by Gasteiger charge is 2.35. The number of ether oxygens (including phenoxy) is 1. The van der Waals surface area contributed by atoms with Gasteiger partial charge in [0, 0.05) is 19.7 Å². The standard InChI is InChI=1S/C21H37N3O5/c1-13(2)17(12-14(3)21(27)28)24(6)20(26)18(15(4)29-7)22-19(25)16-10-8-9-11-23(16)5/h12-13,15-18H,8-11H2,1-7H3,(H,22,25)(H,27,28)/b14-12+/t15-,16?,17-,18?/m1/s1. The molecule has 8 heteroatoms. The molecule has 0 aromatic carbocycles. The van der Waals surface area contributed by atoms with E-state index in [1.54, 1.807) is 20.0 Å². The molecule has 0 radical (unpaired) electrons. The molecule has 0 aromatic heterocycles. The topological polar surface area (TPSA) is 99.2 Å². The van der Waals surface area contributed by atoms with E-state index in [9.17, 15) is 19.5 Å². The van der Waals surface area contributed by atoms with Crippen molar-refractivity contribution in [3.8, 4) is 0 Å². The van der Waals surface area contributed by atoms with E-state index in [1.807, 2.05) is 25.8 Å². The minimum Gasteiger partial charge on any atom is -0.478 e. The maximum Gasteiger partial charge on any atom is 0.331 e. The highest BCUT2D eigenvalue weighted by Crippen LogP contribution is 2.18. The Labute approximate surface area is 174 Å². The van der Waals surface area contributed by atoms with Crippen LogP contribution in [0.25, 0.3) is 0 Å². The zero-order valence-electron chi connectivity index (χ0n) is 18.8. The number of likely N-dealkylation sites (N-methyl/N-ethyl adjacent to an activating group) is 2. The quantitative estimate of drug-likeness (QED) is 0.558. The predicted octanol–water partition coefficient (Wildman–Crippen LogP) is 1.50. The van der Waals surface area contributed by atoms with E-state index in [1.165, 1.54) is 18.9 Å². The van der Waals surface area contributed by atoms with Gasteiger partial charge >= 0.3 is 5.97 Å². The second kappa shape index (κ2) is 11.3. The first-order chi connectivity index (χ1) is 13.5. The molecular weight excluding hydrogens is 374 g/mol. The molecule has 1 heterocycles. The van der Waals surface area contributed by atoms with Gasteiger partial charge < -0.3 is 20.1 Å². The summed E-state index contributed by atoms with van der Waals surface area (Å²) in [4.78, 5) is 40.9. The van der Waals surface area contributed by atoms with Crippen LogP contribution in [0.15, 0.2) is 11.6 Å². The van der Waals surface area contributed by atoms with Crippen LogP contribution in [0, 0.1) is 5.92 Å². The lowest BCUT2D eigenvalue weighted by molar-refractivity contribution is -0.142. The van der Waals surface area contributed by atoms with E-state index in [2.05, 4.69) is 5.32 Å². The van der Waals surface area contributed by atoms with Crippen LogP contribution < -0.4 is 5.32 Å². The first kappa shape index (κ1) is 25.1. The third-order valence-electron chi connectivity index (χ3n) is 5.71. The second-order valence-electron chi connectivity index (χ2n) is 8.26. The summed E-state index contributed by atoms with van der Waals surface area (Å²) in [6, 6.07) is -1.53. The maximum absolute atomic E-state index is 13.3. The summed E-state index contributed by atoms with van der Waals surface area (Å²) in [5, 5.41) is 12.1. The lowest BCUT2D eigenvalue weighted by atomic mass is 9.98. The van der Waals surface area contributed by atoms with Crippen LogP contribution in [0.2, 0.25) is 0 Å². The van der Waals surface area contributed by atoms with Gasteiger partial charge in [0.2, 0.25) is 11.8 Å². The van der Waals surface area contributed by atoms with E-state index in [-0.39, 0.29) is 29.3 Å². The summed E-state index contributed by atoms with van der Waals surface area (Å²) in [6.07, 6.45) is 3.85. The molecule has 1 aliphatic rings. The molecule has 0 saturated carbocycles. The van der Waals surface area contributed by atoms with Crippen LogP contribution in [0.1, 0.15) is 47.0 Å². The Morgan fingerprint density at radius 3 is 2.34 bits per heavy atom. The summed E-state index contributed by atoms with van der Waals surface area (Å²) in [6.45, 7) is 7.94. The number of nitrogens with one attached hydrogen (secondary N) is 1. The monoisotopic (exact) mass is 411 g/mol. The predicted molar refractivity (Wildman–Crippen MR) is 111 cm³/mol. The van der Waals surface area contributed by atoms with Crippen molar-refractivity contribution in [1.29, 1.82) is 0 Å². The number of carbonyl (C=O) groups is 3. The number of carbonyl (C=O) groups excluding carboxylic acids is 2. The number of rotatable bonds is 9. The van der Waals surface area contributed by atoms with Crippen LogP contribution in [-0.2, 0) is 19.1 Å². The molecule has 0 spiro atoms. The van der Waals surface area contributed by atoms with E-state index >= 15 is 0 Å². The SMILES string of the molecule is CO[C@H](C)C(NC(=O)C1CCCCN1C)C(=O)N(C)[C@H](/C=C(\C)C(=O)O)C(C)C. The van der Waals surface area contributed by atoms with Gasteiger partial charge in [0.15, 0.2) is 0 Å². The fourth-order valence-electron chi connectivity index (χ4n) is 3.62. The zero-order valence-corrected chi connectivity index (χ0v) is 18.8. The lowest BCUT2D eigenvalue weighted by Crippen LogP contribution is -2.59. The normalized spacial score (nSPS) is 21.4. The number of hydrogen-bond acceptors (Lipinski definition) is 5. The van der Waals surface area contributed by atoms with Gasteiger partial charge in [-0.2, -0.15) is 0 Å². The van der Waals surface area contributed by atoms with Crippen molar-refractivity contribution < 1.29 is 24.2 Å². The first-order valence-electron chi connectivity index (χ1n) is 10.2. The summed E-state index contributed by atoms with van der Waals surface area (Å²) in [5.41, 5.74) is 0.174. The lowest BCUT2D eigenvalue weighted by Gasteiger charge is -2.36. The fraction of sp³-hybridized carbons (Fsp3) is 0.762. The van der Waals surface area contributed by atoms with Crippen LogP contribution in [0.4, 0.5) is 0 Å². The fourth-order valence-corrected chi connectivity index (χ4v) is 3.62. The van der Waals surface area contributed by atoms with Gasteiger partial charge in [-0.1, -0.05) is 26.3 Å². The van der Waals surface area contributed by atoms with Gasteiger partial charge in [-0.25, -0.2) is 4.79 Å². The molecule has 166 valence electrons. The number of carboxylic acid groups (broad SMARTS) is 1. The Morgan fingerprint density at radius 1 is 1.24 bits per heavy atom. The molecular formula is C21H37N3O5. The zero-order chi connectivity index (χ0) is 22.3. The molecule has 0 aliphatic carbocycles. The number of nitrogens with zero attached hydrogens (tertiary/aromatic N) is 2. The van der Waals surface area contributed by atoms with Crippen molar-refractivity contribution in [3.63, 3.8) is 0 Å². The molecule has 0 aromatic rings. The van der Waals surface area contributed by atoms with E-state index in [4.69, 9.17) is 4.74 Å². The van der Waals surface area contributed by atoms with Crippen molar-refractivity contribution >= 4 is 17.8 Å². The Hall–Kier alpha value is -1.93. The number of piperidine rings is 1. The van der Waals surface area contributed by atoms with Gasteiger partial charge in [-0.05, 0) is 46.2 Å². The number of likely N-dealkylation sites (tertiary alicyclic amines) is 1. The van der Waals surface area contributed by atoms with Gasteiger partial charge in [0.25, 0.3) is 0 Å². The first-order valence-corrected chi connectivity index (χ1v) is 10.2. The van der Waals surface area contributed by atoms with E-state index in [0.717, 1.165) is 25.8 Å². The number of aliphatic carboxylic acids is 1. The molecule has 8 nitrogen and oxygen atoms in total. The number of carboxylic acids is 1. The number of methoxy groups -OCH3 is 1. The highest BCUT2D eigenvalue weighted by molar-refractivity contribution is 5.91. The van der Waals surface area contributed by atoms with Crippen LogP contribution in [0.5, 0.6) is 0 Å². The summed E-state index contributed by atoms with van der Waals surface area (Å²) < 4.78 is 5.37. The second-order valence-corrected chi connectivity index (χ2v) is 8.26. The van der Waals surface area contributed by atoms with Gasteiger partial charge in [0.1, 0.15) is 6.04 Å². The van der Waals surface area contributed by atoms with Crippen molar-refractivity contribution in [2.24, 2.45) is 5.92 Å². The molecule has 4 atom stereocenters. The molecule has 1 rings (SSSR count). The average Bonchev–Trinajstić information content (AvgIpc) is 2.68. The summed E-state index contributed by atoms with van der Waals surface area (Å²) in [5.74, 6) is -1.51. The average molecular weight is 412 g/mol. The van der Waals surface area contributed by atoms with Crippen LogP contribution >= 0.6 is 0 Å². The van der Waals surface area contributed by atoms with E-state index < -0.39 is 24.2 Å². The van der Waals surface area contributed by atoms with Crippen molar-refractivity contribution in [1.82, 2.24) is 15.1 Å². The molecule has 2 N–H and O–H groups in total. The largest absolute Gasteiger partial charge is 0.478 e. The number of hydrogen-bond donors (Lipinski definition) is 2. The van der Waals surface area contributed by atoms with Crippen molar-refractivity contribution in [3.05, 3.63) is 11.6 Å². The van der Waals surface area contributed by atoms with Crippen molar-refractivity contribution in [2.45, 2.75) is 71.2 Å². The molecule has 1 saturated heterocycles. The van der Waals surface area contributed by atoms with Gasteiger partial charge in [-0.3, -0.25) is 14.5 Å². The van der Waals surface area contributed by atoms with Gasteiger partial charge in [0.05, 0.1) is 18.2 Å². The Kier molecular flexibility index (Phi) is 9.79. The Bertz CT molecular complexity index is 619. The molecule has 2 amide bonds. The van der Waals surface area contributed by atoms with E-state index in [0.29, 0.717) is 0 Å². The van der Waals surface area contributed by atoms with Crippen molar-refractivity contribution in [2.75, 3.05) is 27.7 Å². The maximum atomic E-state index is 13.3. The Morgan fingerprint density at radius 2 is 1.86 bits per heavy atom. The molecule has 2 unspecified atom stereocenters. The molecule has 0 bridgehead atoms. The third-order valence-corrected chi connectivity index (χ3v) is 5.71. The van der Waals surface area contributed by atoms with Crippen LogP contribution in [-0.4, -0.2) is 84.7 Å². The smallest absolute Gasteiger partial charge is 0.331 e. The van der Waals surface area contributed by atoms with Crippen LogP contribution in [0.3, 0.4) is 0 Å². The number of amides is 2. The Balaban J connectivity index is 3.06. The minimum atomic E-state index is -1.02. The molecule has 29 heavy (non-hydrogen) atoms. The third kappa shape index (κ3) is 6.82. The minimum absolute atomic E-state index is 0.00284. The summed E-state index contributed by atoms with van der Waals surface area (Å²) >= 11 is 0. The molecule has 1 fully saturated rings. The highest BCUT2D eigenvalue weighted by atomic mass is 16.5. The van der Waals surface area contributed by atoms with Gasteiger partial charge in [-0.15, -0.1) is 0 Å².